The first-order valence-electron chi connectivity index (χ1n) is 23.4. The first kappa shape index (κ1) is 48.5. The van der Waals surface area contributed by atoms with Gasteiger partial charge in [-0.3, -0.25) is 4.79 Å². The van der Waals surface area contributed by atoms with E-state index < -0.39 is 5.97 Å². The van der Waals surface area contributed by atoms with E-state index in [0.29, 0.717) is 0 Å². The molecule has 1 unspecified atom stereocenters. The Balaban J connectivity index is 3.32. The van der Waals surface area contributed by atoms with Crippen LogP contribution in [-0.2, 0) is 4.79 Å². The Morgan fingerprint density at radius 3 is 0.571 bits per heavy atom. The van der Waals surface area contributed by atoms with Crippen LogP contribution in [0.4, 0.5) is 0 Å². The van der Waals surface area contributed by atoms with Crippen LogP contribution in [-0.4, -0.2) is 11.1 Å². The lowest BCUT2D eigenvalue weighted by Crippen LogP contribution is -2.13. The van der Waals surface area contributed by atoms with Gasteiger partial charge >= 0.3 is 5.97 Å². The van der Waals surface area contributed by atoms with Crippen LogP contribution < -0.4 is 0 Å². The van der Waals surface area contributed by atoms with Crippen LogP contribution in [0.2, 0.25) is 0 Å². The molecule has 2 nitrogen and oxygen atoms in total. The summed E-state index contributed by atoms with van der Waals surface area (Å²) in [6.07, 6.45) is 59.1. The fourth-order valence-corrected chi connectivity index (χ4v) is 7.86. The Morgan fingerprint density at radius 1 is 0.286 bits per heavy atom. The molecule has 0 fully saturated rings. The molecule has 0 spiro atoms. The molecule has 1 N–H and O–H groups in total. The summed E-state index contributed by atoms with van der Waals surface area (Å²) in [6.45, 7) is 4.59. The Hall–Kier alpha value is -0.530. The zero-order valence-electron chi connectivity index (χ0n) is 34.3. The van der Waals surface area contributed by atoms with Crippen molar-refractivity contribution >= 4 is 5.97 Å². The van der Waals surface area contributed by atoms with Gasteiger partial charge < -0.3 is 5.11 Å². The Bertz CT molecular complexity index is 601. The van der Waals surface area contributed by atoms with Gasteiger partial charge in [0.1, 0.15) is 0 Å². The van der Waals surface area contributed by atoms with E-state index in [1.54, 1.807) is 0 Å². The third-order valence-corrected chi connectivity index (χ3v) is 11.4. The summed E-state index contributed by atoms with van der Waals surface area (Å²) in [4.78, 5) is 11.8. The van der Waals surface area contributed by atoms with E-state index in [-0.39, 0.29) is 5.92 Å². The summed E-state index contributed by atoms with van der Waals surface area (Å²) in [5.74, 6) is -0.651. The SMILES string of the molecule is CCCCCCCCCCCCCCCCCCCCCCCCCCCC(CCCCCCCCCCCCCCCCCC)C(=O)O. The van der Waals surface area contributed by atoms with Crippen molar-refractivity contribution in [2.45, 2.75) is 290 Å². The molecule has 0 amide bonds. The zero-order valence-corrected chi connectivity index (χ0v) is 34.3. The monoisotopic (exact) mass is 691 g/mol. The van der Waals surface area contributed by atoms with Gasteiger partial charge in [0, 0.05) is 0 Å². The smallest absolute Gasteiger partial charge is 0.306 e. The van der Waals surface area contributed by atoms with E-state index in [1.807, 2.05) is 0 Å². The average Bonchev–Trinajstić information content (AvgIpc) is 3.10. The van der Waals surface area contributed by atoms with Gasteiger partial charge in [0.05, 0.1) is 5.92 Å². The maximum atomic E-state index is 11.8. The summed E-state index contributed by atoms with van der Waals surface area (Å²) in [7, 11) is 0. The molecule has 0 saturated heterocycles. The highest BCUT2D eigenvalue weighted by Gasteiger charge is 2.16. The van der Waals surface area contributed by atoms with Crippen LogP contribution in [0.5, 0.6) is 0 Å². The van der Waals surface area contributed by atoms with Crippen LogP contribution in [0.25, 0.3) is 0 Å². The molecule has 0 aromatic rings. The molecule has 0 heterocycles. The molecular weight excluding hydrogens is 597 g/mol. The molecule has 49 heavy (non-hydrogen) atoms. The van der Waals surface area contributed by atoms with Gasteiger partial charge in [-0.05, 0) is 12.8 Å². The van der Waals surface area contributed by atoms with E-state index in [4.69, 9.17) is 0 Å². The predicted molar refractivity (Wildman–Crippen MR) is 221 cm³/mol. The Labute approximate surface area is 310 Å². The van der Waals surface area contributed by atoms with Crippen molar-refractivity contribution in [3.63, 3.8) is 0 Å². The fourth-order valence-electron chi connectivity index (χ4n) is 7.86. The van der Waals surface area contributed by atoms with E-state index in [2.05, 4.69) is 13.8 Å². The molecule has 0 aliphatic rings. The number of hydrogen-bond donors (Lipinski definition) is 1. The zero-order chi connectivity index (χ0) is 35.6. The third-order valence-electron chi connectivity index (χ3n) is 11.4. The van der Waals surface area contributed by atoms with Crippen molar-refractivity contribution in [3.05, 3.63) is 0 Å². The van der Waals surface area contributed by atoms with Gasteiger partial charge in [-0.25, -0.2) is 0 Å². The first-order valence-corrected chi connectivity index (χ1v) is 23.4. The normalized spacial score (nSPS) is 12.2. The van der Waals surface area contributed by atoms with Crippen molar-refractivity contribution in [1.82, 2.24) is 0 Å². The Morgan fingerprint density at radius 2 is 0.429 bits per heavy atom. The molecule has 294 valence electrons. The molecular formula is C47H94O2. The second-order valence-electron chi connectivity index (χ2n) is 16.4. The van der Waals surface area contributed by atoms with Gasteiger partial charge in [0.25, 0.3) is 0 Å². The van der Waals surface area contributed by atoms with Crippen LogP contribution in [0, 0.1) is 5.92 Å². The van der Waals surface area contributed by atoms with E-state index in [1.165, 1.54) is 250 Å². The van der Waals surface area contributed by atoms with Crippen LogP contribution in [0.3, 0.4) is 0 Å². The minimum Gasteiger partial charge on any atom is -0.481 e. The van der Waals surface area contributed by atoms with Crippen molar-refractivity contribution in [2.75, 3.05) is 0 Å². The highest BCUT2D eigenvalue weighted by atomic mass is 16.4. The Kier molecular flexibility index (Phi) is 43.2. The predicted octanol–water partition coefficient (Wildman–Crippen LogP) is 17.5. The number of aliphatic carboxylic acids is 1. The maximum Gasteiger partial charge on any atom is 0.306 e. The summed E-state index contributed by atoms with van der Waals surface area (Å²) in [5, 5.41) is 9.69. The maximum absolute atomic E-state index is 11.8. The van der Waals surface area contributed by atoms with E-state index >= 15 is 0 Å². The average molecular weight is 691 g/mol. The number of unbranched alkanes of at least 4 members (excludes halogenated alkanes) is 39. The highest BCUT2D eigenvalue weighted by molar-refractivity contribution is 5.69. The molecule has 0 bridgehead atoms. The fraction of sp³-hybridized carbons (Fsp3) is 0.979. The molecule has 0 aromatic heterocycles. The number of carboxylic acid groups (broad SMARTS) is 1. The summed E-state index contributed by atoms with van der Waals surface area (Å²) >= 11 is 0. The number of carboxylic acids is 1. The van der Waals surface area contributed by atoms with Gasteiger partial charge in [-0.1, -0.05) is 277 Å². The molecule has 0 aromatic carbocycles. The largest absolute Gasteiger partial charge is 0.481 e. The topological polar surface area (TPSA) is 37.3 Å². The van der Waals surface area contributed by atoms with Crippen molar-refractivity contribution < 1.29 is 9.90 Å². The molecule has 1 atom stereocenters. The van der Waals surface area contributed by atoms with E-state index in [0.717, 1.165) is 25.7 Å². The minimum absolute atomic E-state index is 0.101. The highest BCUT2D eigenvalue weighted by Crippen LogP contribution is 2.21. The van der Waals surface area contributed by atoms with E-state index in [9.17, 15) is 9.90 Å². The molecule has 0 aliphatic carbocycles. The van der Waals surface area contributed by atoms with Gasteiger partial charge in [0.15, 0.2) is 0 Å². The van der Waals surface area contributed by atoms with Crippen LogP contribution >= 0.6 is 0 Å². The lowest BCUT2D eigenvalue weighted by molar-refractivity contribution is -0.142. The molecule has 2 heteroatoms. The third kappa shape index (κ3) is 41.8. The minimum atomic E-state index is -0.551. The molecule has 0 saturated carbocycles. The molecule has 0 radical (unpaired) electrons. The van der Waals surface area contributed by atoms with Gasteiger partial charge in [-0.2, -0.15) is 0 Å². The lowest BCUT2D eigenvalue weighted by atomic mass is 9.94. The van der Waals surface area contributed by atoms with Gasteiger partial charge in [-0.15, -0.1) is 0 Å². The van der Waals surface area contributed by atoms with Crippen molar-refractivity contribution in [2.24, 2.45) is 5.92 Å². The summed E-state index contributed by atoms with van der Waals surface area (Å²) in [5.41, 5.74) is 0. The van der Waals surface area contributed by atoms with Crippen LogP contribution in [0.15, 0.2) is 0 Å². The second kappa shape index (κ2) is 43.6. The number of hydrogen-bond acceptors (Lipinski definition) is 1. The molecule has 0 aliphatic heterocycles. The van der Waals surface area contributed by atoms with Crippen LogP contribution in [0.1, 0.15) is 290 Å². The number of rotatable bonds is 44. The molecule has 0 rings (SSSR count). The van der Waals surface area contributed by atoms with Crippen molar-refractivity contribution in [1.29, 1.82) is 0 Å². The second-order valence-corrected chi connectivity index (χ2v) is 16.4. The quantitative estimate of drug-likeness (QED) is 0.0646. The summed E-state index contributed by atoms with van der Waals surface area (Å²) < 4.78 is 0. The van der Waals surface area contributed by atoms with Gasteiger partial charge in [0.2, 0.25) is 0 Å². The van der Waals surface area contributed by atoms with Crippen molar-refractivity contribution in [3.8, 4) is 0 Å². The standard InChI is InChI=1S/C47H94O2/c1-3-5-7-9-11-13-15-17-19-21-22-23-24-25-26-27-28-29-31-33-35-37-39-41-43-45-46(47(48)49)44-42-40-38-36-34-32-30-20-18-16-14-12-10-8-6-4-2/h46H,3-45H2,1-2H3,(H,48,49). The summed E-state index contributed by atoms with van der Waals surface area (Å²) in [6, 6.07) is 0. The lowest BCUT2D eigenvalue weighted by Gasteiger charge is -2.12. The number of carbonyl (C=O) groups is 1. The first-order chi connectivity index (χ1) is 24.2.